The minimum atomic E-state index is -0.916. The van der Waals surface area contributed by atoms with Crippen molar-refractivity contribution < 1.29 is 23.3 Å². The van der Waals surface area contributed by atoms with E-state index in [4.69, 9.17) is 65.4 Å². The lowest BCUT2D eigenvalue weighted by atomic mass is 10.1. The van der Waals surface area contributed by atoms with Crippen molar-refractivity contribution in [3.63, 3.8) is 0 Å². The van der Waals surface area contributed by atoms with Gasteiger partial charge < -0.3 is 18.9 Å². The third kappa shape index (κ3) is 5.23. The van der Waals surface area contributed by atoms with Crippen molar-refractivity contribution in [2.45, 2.75) is 18.5 Å². The summed E-state index contributed by atoms with van der Waals surface area (Å²) in [5, 5.41) is 1.62. The van der Waals surface area contributed by atoms with Crippen LogP contribution in [0.15, 0.2) is 48.3 Å². The second kappa shape index (κ2) is 9.53. The van der Waals surface area contributed by atoms with Gasteiger partial charge in [0, 0.05) is 27.2 Å². The van der Waals surface area contributed by atoms with E-state index in [2.05, 4.69) is 0 Å². The van der Waals surface area contributed by atoms with Crippen molar-refractivity contribution >= 4 is 46.4 Å². The molecule has 150 valence electrons. The highest BCUT2D eigenvalue weighted by Crippen LogP contribution is 2.34. The Labute approximate surface area is 181 Å². The number of benzene rings is 2. The molecule has 0 aliphatic carbocycles. The van der Waals surface area contributed by atoms with E-state index >= 15 is 0 Å². The molecule has 0 radical (unpaired) electrons. The van der Waals surface area contributed by atoms with Crippen LogP contribution >= 0.6 is 46.4 Å². The first-order chi connectivity index (χ1) is 13.4. The average molecular weight is 468 g/mol. The minimum absolute atomic E-state index is 0.0346. The number of hydrogen-bond donors (Lipinski definition) is 0. The van der Waals surface area contributed by atoms with Gasteiger partial charge >= 0.3 is 0 Å². The number of ether oxygens (including phenoxy) is 4. The van der Waals surface area contributed by atoms with Gasteiger partial charge in [-0.15, -0.1) is 0 Å². The highest BCUT2D eigenvalue weighted by molar-refractivity contribution is 6.35. The van der Waals surface area contributed by atoms with Crippen LogP contribution in [-0.4, -0.2) is 32.2 Å². The summed E-state index contributed by atoms with van der Waals surface area (Å²) in [6, 6.07) is 9.50. The zero-order chi connectivity index (χ0) is 20.3. The highest BCUT2D eigenvalue weighted by atomic mass is 35.5. The lowest BCUT2D eigenvalue weighted by molar-refractivity contribution is -0.115. The fraction of sp³-hybridized carbons (Fsp3) is 0.263. The molecule has 0 N–H and O–H groups in total. The molecule has 1 heterocycles. The van der Waals surface area contributed by atoms with Crippen LogP contribution in [0.4, 0.5) is 4.39 Å². The van der Waals surface area contributed by atoms with E-state index in [1.54, 1.807) is 36.4 Å². The van der Waals surface area contributed by atoms with Gasteiger partial charge in [0.05, 0.1) is 11.9 Å². The molecule has 3 rings (SSSR count). The number of hydrogen-bond acceptors (Lipinski definition) is 4. The van der Waals surface area contributed by atoms with Crippen LogP contribution in [0, 0.1) is 0 Å². The Morgan fingerprint density at radius 2 is 1.46 bits per heavy atom. The summed E-state index contributed by atoms with van der Waals surface area (Å²) in [6.45, 7) is 0.0346. The monoisotopic (exact) mass is 466 g/mol. The third-order valence-electron chi connectivity index (χ3n) is 3.93. The van der Waals surface area contributed by atoms with Gasteiger partial charge in [-0.25, -0.2) is 4.39 Å². The second-order valence-electron chi connectivity index (χ2n) is 5.91. The van der Waals surface area contributed by atoms with Crippen LogP contribution in [0.2, 0.25) is 20.1 Å². The molecule has 4 nitrogen and oxygen atoms in total. The fourth-order valence-electron chi connectivity index (χ4n) is 2.77. The molecule has 3 atom stereocenters. The van der Waals surface area contributed by atoms with Crippen molar-refractivity contribution in [1.82, 2.24) is 0 Å². The van der Waals surface area contributed by atoms with Crippen LogP contribution in [0.1, 0.15) is 0 Å². The fourth-order valence-corrected chi connectivity index (χ4v) is 3.78. The van der Waals surface area contributed by atoms with Gasteiger partial charge in [-0.3, -0.25) is 0 Å². The number of methoxy groups -OCH3 is 1. The molecule has 28 heavy (non-hydrogen) atoms. The van der Waals surface area contributed by atoms with Gasteiger partial charge in [0.2, 0.25) is 0 Å². The van der Waals surface area contributed by atoms with Gasteiger partial charge in [-0.2, -0.15) is 0 Å². The van der Waals surface area contributed by atoms with Crippen LogP contribution in [0.25, 0.3) is 0 Å². The molecular formula is C19H15Cl4FO4. The Kier molecular flexibility index (Phi) is 7.31. The topological polar surface area (TPSA) is 36.9 Å². The predicted octanol–water partition coefficient (Wildman–Crippen LogP) is 6.35. The molecular weight excluding hydrogens is 453 g/mol. The van der Waals surface area contributed by atoms with Crippen LogP contribution in [-0.2, 0) is 9.47 Å². The van der Waals surface area contributed by atoms with Gasteiger partial charge in [-0.1, -0.05) is 46.4 Å². The summed E-state index contributed by atoms with van der Waals surface area (Å²) < 4.78 is 36.1. The first-order valence-corrected chi connectivity index (χ1v) is 9.61. The standard InChI is InChI=1S/C19H15Cl4FO4/c1-25-19-16(8-24)18(27-15-6-12(22)3-13(23)7-15)17(28-19)9-26-14-4-10(20)2-11(21)5-14/h2-8,17-19H,9H2,1H3/b16-8-/t17-,18+,19-/m1/s1. The molecule has 0 bridgehead atoms. The Bertz CT molecular complexity index is 837. The molecule has 0 spiro atoms. The Morgan fingerprint density at radius 1 is 0.929 bits per heavy atom. The number of halogens is 5. The molecule has 0 saturated carbocycles. The lowest BCUT2D eigenvalue weighted by Gasteiger charge is -2.21. The average Bonchev–Trinajstić information content (AvgIpc) is 2.95. The van der Waals surface area contributed by atoms with Crippen molar-refractivity contribution in [1.29, 1.82) is 0 Å². The quantitative estimate of drug-likeness (QED) is 0.495. The van der Waals surface area contributed by atoms with E-state index in [0.717, 1.165) is 0 Å². The Morgan fingerprint density at radius 3 is 1.96 bits per heavy atom. The molecule has 2 aromatic rings. The van der Waals surface area contributed by atoms with Crippen LogP contribution in [0.3, 0.4) is 0 Å². The molecule has 1 saturated heterocycles. The largest absolute Gasteiger partial charge is 0.491 e. The molecule has 0 aromatic heterocycles. The summed E-state index contributed by atoms with van der Waals surface area (Å²) in [4.78, 5) is 0. The summed E-state index contributed by atoms with van der Waals surface area (Å²) >= 11 is 24.0. The first kappa shape index (κ1) is 21.5. The molecule has 2 aromatic carbocycles. The van der Waals surface area contributed by atoms with Crippen molar-refractivity contribution in [2.24, 2.45) is 0 Å². The van der Waals surface area contributed by atoms with Crippen LogP contribution in [0.5, 0.6) is 11.5 Å². The maximum Gasteiger partial charge on any atom is 0.186 e. The first-order valence-electron chi connectivity index (χ1n) is 8.09. The Hall–Kier alpha value is -1.21. The van der Waals surface area contributed by atoms with Crippen molar-refractivity contribution in [3.8, 4) is 11.5 Å². The molecule has 9 heteroatoms. The van der Waals surface area contributed by atoms with Gasteiger partial charge in [0.15, 0.2) is 12.4 Å². The zero-order valence-corrected chi connectivity index (χ0v) is 17.5. The highest BCUT2D eigenvalue weighted by Gasteiger charge is 2.43. The third-order valence-corrected chi connectivity index (χ3v) is 4.80. The van der Waals surface area contributed by atoms with Gasteiger partial charge in [0.1, 0.15) is 24.2 Å². The Balaban J connectivity index is 1.80. The van der Waals surface area contributed by atoms with E-state index in [9.17, 15) is 4.39 Å². The van der Waals surface area contributed by atoms with Crippen molar-refractivity contribution in [2.75, 3.05) is 13.7 Å². The molecule has 0 unspecified atom stereocenters. The predicted molar refractivity (Wildman–Crippen MR) is 108 cm³/mol. The SMILES string of the molecule is CO[C@@H]1O[C@H](COc2cc(Cl)cc(Cl)c2)[C@@H](Oc2cc(Cl)cc(Cl)c2)/C1=C/F. The maximum atomic E-state index is 13.6. The minimum Gasteiger partial charge on any atom is -0.491 e. The normalized spacial score (nSPS) is 23.2. The van der Waals surface area contributed by atoms with E-state index in [0.29, 0.717) is 37.9 Å². The summed E-state index contributed by atoms with van der Waals surface area (Å²) in [5.74, 6) is 0.801. The summed E-state index contributed by atoms with van der Waals surface area (Å²) in [5.41, 5.74) is 0.177. The van der Waals surface area contributed by atoms with E-state index in [1.165, 1.54) is 7.11 Å². The summed E-state index contributed by atoms with van der Waals surface area (Å²) in [6.07, 6.45) is -2.01. The zero-order valence-electron chi connectivity index (χ0n) is 14.5. The summed E-state index contributed by atoms with van der Waals surface area (Å²) in [7, 11) is 1.40. The lowest BCUT2D eigenvalue weighted by Crippen LogP contribution is -2.33. The van der Waals surface area contributed by atoms with E-state index < -0.39 is 18.5 Å². The molecule has 0 amide bonds. The molecule has 1 aliphatic rings. The van der Waals surface area contributed by atoms with Gasteiger partial charge in [-0.05, 0) is 36.4 Å². The van der Waals surface area contributed by atoms with Gasteiger partial charge in [0.25, 0.3) is 0 Å². The van der Waals surface area contributed by atoms with Crippen molar-refractivity contribution in [3.05, 3.63) is 68.4 Å². The van der Waals surface area contributed by atoms with E-state index in [1.807, 2.05) is 0 Å². The smallest absolute Gasteiger partial charge is 0.186 e. The second-order valence-corrected chi connectivity index (χ2v) is 7.66. The molecule has 1 aliphatic heterocycles. The molecule has 1 fully saturated rings. The number of rotatable bonds is 6. The maximum absolute atomic E-state index is 13.6. The van der Waals surface area contributed by atoms with E-state index in [-0.39, 0.29) is 12.2 Å². The van der Waals surface area contributed by atoms with Crippen LogP contribution < -0.4 is 9.47 Å².